The lowest BCUT2D eigenvalue weighted by Gasteiger charge is -2.35. The average molecular weight is 570 g/mol. The zero-order valence-electron chi connectivity index (χ0n) is 26.3. The van der Waals surface area contributed by atoms with E-state index in [4.69, 9.17) is 14.5 Å². The molecule has 1 saturated heterocycles. The van der Waals surface area contributed by atoms with Gasteiger partial charge >= 0.3 is 12.1 Å². The van der Waals surface area contributed by atoms with Crippen LogP contribution in [0.1, 0.15) is 78.3 Å². The molecule has 1 fully saturated rings. The highest BCUT2D eigenvalue weighted by Crippen LogP contribution is 2.49. The van der Waals surface area contributed by atoms with Crippen LogP contribution < -0.4 is 15.0 Å². The number of carbonyl (C=O) groups is 2. The van der Waals surface area contributed by atoms with E-state index in [1.54, 1.807) is 27.2 Å². The van der Waals surface area contributed by atoms with E-state index in [2.05, 4.69) is 31.1 Å². The van der Waals surface area contributed by atoms with Crippen LogP contribution in [0.25, 0.3) is 0 Å². The molecule has 0 bridgehead atoms. The number of aliphatic carboxylic acids is 1. The van der Waals surface area contributed by atoms with Crippen molar-refractivity contribution >= 4 is 17.9 Å². The fourth-order valence-corrected chi connectivity index (χ4v) is 5.71. The quantitative estimate of drug-likeness (QED) is 0.452. The summed E-state index contributed by atoms with van der Waals surface area (Å²) in [6, 6.07) is 5.42. The maximum atomic E-state index is 13.7. The molecule has 3 rings (SSSR count). The number of ether oxygens (including phenoxy) is 2. The molecule has 3 heterocycles. The van der Waals surface area contributed by atoms with Gasteiger partial charge in [0.1, 0.15) is 11.9 Å². The molecule has 10 heteroatoms. The van der Waals surface area contributed by atoms with Gasteiger partial charge in [0.2, 0.25) is 5.88 Å². The van der Waals surface area contributed by atoms with Crippen molar-refractivity contribution in [2.75, 3.05) is 26.1 Å². The van der Waals surface area contributed by atoms with E-state index in [0.717, 1.165) is 16.8 Å². The van der Waals surface area contributed by atoms with Crippen LogP contribution in [0.5, 0.6) is 5.88 Å². The summed E-state index contributed by atoms with van der Waals surface area (Å²) < 4.78 is 11.3. The van der Waals surface area contributed by atoms with E-state index in [1.807, 2.05) is 64.0 Å². The van der Waals surface area contributed by atoms with Gasteiger partial charge in [0, 0.05) is 61.0 Å². The van der Waals surface area contributed by atoms with E-state index in [9.17, 15) is 14.7 Å². The molecule has 0 saturated carbocycles. The second kappa shape index (κ2) is 12.2. The van der Waals surface area contributed by atoms with Gasteiger partial charge in [-0.05, 0) is 31.4 Å². The number of nitrogens with zero attached hydrogens (tertiary/aromatic N) is 4. The van der Waals surface area contributed by atoms with Gasteiger partial charge in [0.05, 0.1) is 19.3 Å². The maximum absolute atomic E-state index is 13.7. The van der Waals surface area contributed by atoms with E-state index < -0.39 is 47.6 Å². The molecule has 4 atom stereocenters. The summed E-state index contributed by atoms with van der Waals surface area (Å²) in [7, 11) is 5.35. The van der Waals surface area contributed by atoms with E-state index in [1.165, 1.54) is 4.90 Å². The first kappa shape index (κ1) is 32.1. The summed E-state index contributed by atoms with van der Waals surface area (Å²) in [5.41, 5.74) is 1.83. The minimum Gasteiger partial charge on any atom is -0.481 e. The lowest BCUT2D eigenvalue weighted by Crippen LogP contribution is -2.48. The summed E-state index contributed by atoms with van der Waals surface area (Å²) in [4.78, 5) is 39.3. The van der Waals surface area contributed by atoms with Crippen molar-refractivity contribution in [3.8, 4) is 5.88 Å². The summed E-state index contributed by atoms with van der Waals surface area (Å²) >= 11 is 0. The Morgan fingerprint density at radius 1 is 1.12 bits per heavy atom. The smallest absolute Gasteiger partial charge is 0.411 e. The molecule has 41 heavy (non-hydrogen) atoms. The largest absolute Gasteiger partial charge is 0.481 e. The number of nitrogens with one attached hydrogen (secondary N) is 1. The second-order valence-electron chi connectivity index (χ2n) is 13.3. The van der Waals surface area contributed by atoms with Gasteiger partial charge in [-0.2, -0.15) is 0 Å². The van der Waals surface area contributed by atoms with Crippen molar-refractivity contribution in [1.82, 2.24) is 20.2 Å². The molecular formula is C31H47N5O5. The fraction of sp³-hybridized carbons (Fsp3) is 0.613. The standard InChI is InChI=1S/C31H47N5O5/c1-18(2)41-29(39)36-24(20-13-12-16-32-26(20)35(9)10)23(22(31(6,7)8)25(36)28(37)38)33-17-19-14-15-21(30(3,4)5)34-27(19)40-11/h12-16,18,22-25,33H,17H2,1-11H3,(H,37,38)/t22-,23-,24-,25-/m0/s1. The first-order valence-electron chi connectivity index (χ1n) is 14.1. The number of methoxy groups -OCH3 is 1. The number of pyridine rings is 2. The minimum absolute atomic E-state index is 0.151. The van der Waals surface area contributed by atoms with Crippen LogP contribution in [-0.4, -0.2) is 71.4 Å². The first-order valence-corrected chi connectivity index (χ1v) is 14.1. The molecule has 0 unspecified atom stereocenters. The summed E-state index contributed by atoms with van der Waals surface area (Å²) in [6.45, 7) is 16.2. The Morgan fingerprint density at radius 3 is 2.29 bits per heavy atom. The molecule has 1 aliphatic rings. The first-order chi connectivity index (χ1) is 19.0. The third kappa shape index (κ3) is 6.92. The third-order valence-electron chi connectivity index (χ3n) is 7.46. The van der Waals surface area contributed by atoms with Gasteiger partial charge in [-0.3, -0.25) is 4.90 Å². The van der Waals surface area contributed by atoms with Gasteiger partial charge in [0.15, 0.2) is 0 Å². The van der Waals surface area contributed by atoms with Crippen molar-refractivity contribution in [1.29, 1.82) is 0 Å². The Morgan fingerprint density at radius 2 is 1.78 bits per heavy atom. The molecule has 2 aromatic rings. The van der Waals surface area contributed by atoms with Crippen molar-refractivity contribution in [3.63, 3.8) is 0 Å². The number of aromatic nitrogens is 2. The molecule has 2 aromatic heterocycles. The van der Waals surface area contributed by atoms with Crippen LogP contribution in [0, 0.1) is 11.3 Å². The normalized spacial score (nSPS) is 21.2. The SMILES string of the molecule is COc1nc(C(C)(C)C)ccc1CN[C@H]1[C@H](C(C)(C)C)[C@@H](C(=O)O)N(C(=O)OC(C)C)[C@H]1c1cccnc1N(C)C. The van der Waals surface area contributed by atoms with Crippen LogP contribution in [-0.2, 0) is 21.5 Å². The zero-order chi connectivity index (χ0) is 30.9. The Labute approximate surface area is 244 Å². The number of carboxylic acids is 1. The highest BCUT2D eigenvalue weighted by atomic mass is 16.6. The monoisotopic (exact) mass is 569 g/mol. The van der Waals surface area contributed by atoms with Crippen molar-refractivity contribution in [2.24, 2.45) is 11.3 Å². The van der Waals surface area contributed by atoms with Crippen molar-refractivity contribution in [3.05, 3.63) is 47.3 Å². The molecule has 1 amide bonds. The van der Waals surface area contributed by atoms with Gasteiger partial charge in [-0.1, -0.05) is 53.7 Å². The molecule has 0 spiro atoms. The van der Waals surface area contributed by atoms with E-state index in [0.29, 0.717) is 18.2 Å². The molecular weight excluding hydrogens is 522 g/mol. The Bertz CT molecular complexity index is 1230. The molecule has 2 N–H and O–H groups in total. The predicted molar refractivity (Wildman–Crippen MR) is 159 cm³/mol. The molecule has 226 valence electrons. The topological polar surface area (TPSA) is 117 Å². The number of carbonyl (C=O) groups excluding carboxylic acids is 1. The van der Waals surface area contributed by atoms with Crippen molar-refractivity contribution in [2.45, 2.75) is 91.6 Å². The molecule has 10 nitrogen and oxygen atoms in total. The fourth-order valence-electron chi connectivity index (χ4n) is 5.71. The number of likely N-dealkylation sites (tertiary alicyclic amines) is 1. The predicted octanol–water partition coefficient (Wildman–Crippen LogP) is 5.02. The third-order valence-corrected chi connectivity index (χ3v) is 7.46. The molecule has 0 aromatic carbocycles. The number of hydrogen-bond acceptors (Lipinski definition) is 8. The number of carboxylic acid groups (broad SMARTS) is 1. The Kier molecular flexibility index (Phi) is 9.58. The van der Waals surface area contributed by atoms with Crippen LogP contribution in [0.3, 0.4) is 0 Å². The number of hydrogen-bond donors (Lipinski definition) is 2. The highest BCUT2D eigenvalue weighted by Gasteiger charge is 2.59. The number of rotatable bonds is 8. The van der Waals surface area contributed by atoms with Crippen LogP contribution in [0.15, 0.2) is 30.5 Å². The number of amides is 1. The second-order valence-corrected chi connectivity index (χ2v) is 13.3. The summed E-state index contributed by atoms with van der Waals surface area (Å²) in [5.74, 6) is -0.399. The lowest BCUT2D eigenvalue weighted by atomic mass is 9.72. The van der Waals surface area contributed by atoms with Crippen LogP contribution >= 0.6 is 0 Å². The van der Waals surface area contributed by atoms with Crippen LogP contribution in [0.4, 0.5) is 10.6 Å². The molecule has 0 radical (unpaired) electrons. The lowest BCUT2D eigenvalue weighted by molar-refractivity contribution is -0.144. The van der Waals surface area contributed by atoms with Crippen molar-refractivity contribution < 1.29 is 24.2 Å². The van der Waals surface area contributed by atoms with Crippen LogP contribution in [0.2, 0.25) is 0 Å². The highest BCUT2D eigenvalue weighted by molar-refractivity contribution is 5.82. The Balaban J connectivity index is 2.20. The van der Waals surface area contributed by atoms with E-state index >= 15 is 0 Å². The van der Waals surface area contributed by atoms with Gasteiger partial charge in [-0.15, -0.1) is 0 Å². The molecule has 0 aliphatic carbocycles. The van der Waals surface area contributed by atoms with Gasteiger partial charge < -0.3 is 24.8 Å². The number of anilines is 1. The molecule has 1 aliphatic heterocycles. The average Bonchev–Trinajstić information content (AvgIpc) is 3.22. The van der Waals surface area contributed by atoms with Gasteiger partial charge in [0.25, 0.3) is 0 Å². The van der Waals surface area contributed by atoms with E-state index in [-0.39, 0.29) is 5.41 Å². The Hall–Kier alpha value is -3.40. The maximum Gasteiger partial charge on any atom is 0.411 e. The summed E-state index contributed by atoms with van der Waals surface area (Å²) in [5, 5.41) is 14.2. The zero-order valence-corrected chi connectivity index (χ0v) is 26.3. The summed E-state index contributed by atoms with van der Waals surface area (Å²) in [6.07, 6.45) is 0.603. The van der Waals surface area contributed by atoms with Gasteiger partial charge in [-0.25, -0.2) is 19.6 Å². The minimum atomic E-state index is -1.14.